The van der Waals surface area contributed by atoms with Gasteiger partial charge in [0, 0.05) is 24.9 Å². The molecule has 30 heavy (non-hydrogen) atoms. The first kappa shape index (κ1) is 22.6. The molecular weight excluding hydrogens is 408 g/mol. The van der Waals surface area contributed by atoms with Gasteiger partial charge in [0.2, 0.25) is 10.0 Å². The van der Waals surface area contributed by atoms with Crippen molar-refractivity contribution in [1.29, 1.82) is 0 Å². The number of sulfonamides is 1. The van der Waals surface area contributed by atoms with E-state index >= 15 is 0 Å². The number of nitro benzene ring substituents is 1. The number of nitrogens with one attached hydrogen (secondary N) is 1. The van der Waals surface area contributed by atoms with Crippen LogP contribution >= 0.6 is 0 Å². The smallest absolute Gasteiger partial charge is 0.295 e. The van der Waals surface area contributed by atoms with Crippen LogP contribution in [0.15, 0.2) is 28.2 Å². The van der Waals surface area contributed by atoms with Gasteiger partial charge in [-0.3, -0.25) is 15.5 Å². The monoisotopic (exact) mass is 438 g/mol. The highest BCUT2D eigenvalue weighted by Crippen LogP contribution is 2.37. The molecule has 1 aromatic rings. The highest BCUT2D eigenvalue weighted by Gasteiger charge is 2.30. The lowest BCUT2D eigenvalue weighted by Crippen LogP contribution is -2.40. The Balaban J connectivity index is 1.76. The molecule has 1 heterocycles. The molecule has 2 aliphatic rings. The average Bonchev–Trinajstić information content (AvgIpc) is 2.72. The van der Waals surface area contributed by atoms with Gasteiger partial charge in [-0.25, -0.2) is 8.42 Å². The van der Waals surface area contributed by atoms with E-state index in [0.717, 1.165) is 37.5 Å². The van der Waals surface area contributed by atoms with Crippen molar-refractivity contribution in [3.63, 3.8) is 0 Å². The molecule has 1 N–H and O–H groups in total. The Bertz CT molecular complexity index is 908. The molecule has 10 heteroatoms. The van der Waals surface area contributed by atoms with Gasteiger partial charge in [-0.1, -0.05) is 20.8 Å². The molecule has 0 atom stereocenters. The van der Waals surface area contributed by atoms with Crippen molar-refractivity contribution < 1.29 is 18.1 Å². The van der Waals surface area contributed by atoms with Crippen molar-refractivity contribution >= 4 is 27.1 Å². The third-order valence-electron chi connectivity index (χ3n) is 5.90. The largest absolute Gasteiger partial charge is 0.379 e. The Morgan fingerprint density at radius 3 is 2.40 bits per heavy atom. The number of hydrazone groups is 1. The molecule has 1 aliphatic carbocycles. The van der Waals surface area contributed by atoms with Crippen molar-refractivity contribution in [2.45, 2.75) is 51.3 Å². The molecule has 0 aromatic heterocycles. The maximum atomic E-state index is 12.8. The first-order valence-corrected chi connectivity index (χ1v) is 11.7. The molecule has 0 unspecified atom stereocenters. The fraction of sp³-hybridized carbons (Fsp3) is 0.650. The summed E-state index contributed by atoms with van der Waals surface area (Å²) in [4.78, 5) is 10.9. The molecule has 0 bridgehead atoms. The Kier molecular flexibility index (Phi) is 6.78. The lowest BCUT2D eigenvalue weighted by molar-refractivity contribution is -0.384. The van der Waals surface area contributed by atoms with Gasteiger partial charge in [0.25, 0.3) is 5.69 Å². The van der Waals surface area contributed by atoms with Gasteiger partial charge in [-0.2, -0.15) is 9.41 Å². The maximum absolute atomic E-state index is 12.8. The lowest BCUT2D eigenvalue weighted by Gasteiger charge is -2.34. The Morgan fingerprint density at radius 1 is 1.20 bits per heavy atom. The highest BCUT2D eigenvalue weighted by atomic mass is 32.2. The van der Waals surface area contributed by atoms with Crippen molar-refractivity contribution in [2.24, 2.45) is 16.4 Å². The lowest BCUT2D eigenvalue weighted by atomic mass is 9.72. The van der Waals surface area contributed by atoms with E-state index in [4.69, 9.17) is 4.74 Å². The molecule has 1 saturated carbocycles. The average molecular weight is 439 g/mol. The number of morpholine rings is 1. The van der Waals surface area contributed by atoms with Crippen LogP contribution in [0.25, 0.3) is 0 Å². The Morgan fingerprint density at radius 2 is 1.83 bits per heavy atom. The summed E-state index contributed by atoms with van der Waals surface area (Å²) in [5.41, 5.74) is 3.92. The predicted molar refractivity (Wildman–Crippen MR) is 115 cm³/mol. The van der Waals surface area contributed by atoms with E-state index in [1.165, 1.54) is 16.4 Å². The second kappa shape index (κ2) is 8.99. The van der Waals surface area contributed by atoms with Crippen LogP contribution in [-0.2, 0) is 14.8 Å². The third kappa shape index (κ3) is 5.16. The van der Waals surface area contributed by atoms with Crippen molar-refractivity contribution in [3.8, 4) is 0 Å². The zero-order valence-corrected chi connectivity index (χ0v) is 18.6. The molecule has 1 saturated heterocycles. The number of hydrogen-bond acceptors (Lipinski definition) is 7. The second-order valence-electron chi connectivity index (χ2n) is 8.88. The van der Waals surface area contributed by atoms with Gasteiger partial charge in [0.05, 0.1) is 23.0 Å². The number of nitro groups is 1. The summed E-state index contributed by atoms with van der Waals surface area (Å²) < 4.78 is 32.1. The van der Waals surface area contributed by atoms with Crippen LogP contribution in [0.2, 0.25) is 0 Å². The number of anilines is 1. The van der Waals surface area contributed by atoms with Crippen LogP contribution in [0.4, 0.5) is 11.4 Å². The summed E-state index contributed by atoms with van der Waals surface area (Å²) in [6, 6.07) is 3.90. The minimum atomic E-state index is -3.81. The fourth-order valence-corrected chi connectivity index (χ4v) is 5.35. The molecule has 1 aromatic carbocycles. The minimum Gasteiger partial charge on any atom is -0.379 e. The van der Waals surface area contributed by atoms with E-state index in [9.17, 15) is 18.5 Å². The Hall–Kier alpha value is -2.04. The zero-order valence-electron chi connectivity index (χ0n) is 17.8. The molecule has 3 rings (SSSR count). The number of hydrogen-bond donors (Lipinski definition) is 1. The molecule has 0 amide bonds. The predicted octanol–water partition coefficient (Wildman–Crippen LogP) is 3.62. The Labute approximate surface area is 177 Å². The summed E-state index contributed by atoms with van der Waals surface area (Å²) in [6.45, 7) is 7.83. The van der Waals surface area contributed by atoms with Gasteiger partial charge in [0.15, 0.2) is 0 Å². The van der Waals surface area contributed by atoms with Gasteiger partial charge < -0.3 is 4.74 Å². The quantitative estimate of drug-likeness (QED) is 0.555. The number of ether oxygens (including phenoxy) is 1. The summed E-state index contributed by atoms with van der Waals surface area (Å²) in [5, 5.41) is 16.0. The third-order valence-corrected chi connectivity index (χ3v) is 7.79. The topological polar surface area (TPSA) is 114 Å². The van der Waals surface area contributed by atoms with Crippen LogP contribution in [0.3, 0.4) is 0 Å². The van der Waals surface area contributed by atoms with Crippen LogP contribution in [0, 0.1) is 21.4 Å². The van der Waals surface area contributed by atoms with E-state index in [-0.39, 0.29) is 34.8 Å². The van der Waals surface area contributed by atoms with Crippen molar-refractivity contribution in [2.75, 3.05) is 31.7 Å². The summed E-state index contributed by atoms with van der Waals surface area (Å²) >= 11 is 0. The van der Waals surface area contributed by atoms with Crippen molar-refractivity contribution in [1.82, 2.24) is 4.31 Å². The van der Waals surface area contributed by atoms with Gasteiger partial charge in [-0.05, 0) is 49.1 Å². The van der Waals surface area contributed by atoms with E-state index in [0.29, 0.717) is 19.1 Å². The van der Waals surface area contributed by atoms with E-state index in [2.05, 4.69) is 31.3 Å². The van der Waals surface area contributed by atoms with Crippen LogP contribution in [0.5, 0.6) is 0 Å². The van der Waals surface area contributed by atoms with Crippen LogP contribution < -0.4 is 5.43 Å². The molecular formula is C20H30N4O5S. The SMILES string of the molecule is CC(C)(C)C1CCC(=NNc2ccc(S(=O)(=O)N3CCOCC3)cc2[N+](=O)[O-])CC1. The number of nitrogens with zero attached hydrogens (tertiary/aromatic N) is 3. The molecule has 1 aliphatic heterocycles. The number of benzene rings is 1. The standard InChI is InChI=1S/C20H30N4O5S/c1-20(2,3)15-4-6-16(7-5-15)21-22-18-9-8-17(14-19(18)24(25)26)30(27,28)23-10-12-29-13-11-23/h8-9,14-15,22H,4-7,10-13H2,1-3H3. The maximum Gasteiger partial charge on any atom is 0.295 e. The van der Waals surface area contributed by atoms with Gasteiger partial charge in [-0.15, -0.1) is 0 Å². The number of rotatable bonds is 5. The van der Waals surface area contributed by atoms with Crippen LogP contribution in [-0.4, -0.2) is 49.7 Å². The second-order valence-corrected chi connectivity index (χ2v) is 10.8. The normalized spacial score (nSPS) is 21.3. The summed E-state index contributed by atoms with van der Waals surface area (Å²) in [7, 11) is -3.81. The highest BCUT2D eigenvalue weighted by molar-refractivity contribution is 7.89. The first-order chi connectivity index (χ1) is 14.1. The molecule has 9 nitrogen and oxygen atoms in total. The van der Waals surface area contributed by atoms with Gasteiger partial charge >= 0.3 is 0 Å². The van der Waals surface area contributed by atoms with Crippen LogP contribution in [0.1, 0.15) is 46.5 Å². The molecule has 2 fully saturated rings. The summed E-state index contributed by atoms with van der Waals surface area (Å²) in [6.07, 6.45) is 3.80. The van der Waals surface area contributed by atoms with E-state index < -0.39 is 14.9 Å². The van der Waals surface area contributed by atoms with E-state index in [1.807, 2.05) is 0 Å². The minimum absolute atomic E-state index is 0.0972. The molecule has 166 valence electrons. The first-order valence-electron chi connectivity index (χ1n) is 10.3. The van der Waals surface area contributed by atoms with Crippen molar-refractivity contribution in [3.05, 3.63) is 28.3 Å². The molecule has 0 radical (unpaired) electrons. The van der Waals surface area contributed by atoms with Gasteiger partial charge in [0.1, 0.15) is 5.69 Å². The zero-order chi connectivity index (χ0) is 21.9. The fourth-order valence-electron chi connectivity index (χ4n) is 3.92. The van der Waals surface area contributed by atoms with E-state index in [1.54, 1.807) is 0 Å². The molecule has 0 spiro atoms. The summed E-state index contributed by atoms with van der Waals surface area (Å²) in [5.74, 6) is 0.635.